The van der Waals surface area contributed by atoms with Crippen LogP contribution in [0.2, 0.25) is 0 Å². The van der Waals surface area contributed by atoms with Gasteiger partial charge in [-0.25, -0.2) is 5.48 Å². The molecule has 2 amide bonds. The van der Waals surface area contributed by atoms with Gasteiger partial charge in [-0.05, 0) is 24.6 Å². The number of hydroxylamine groups is 1. The van der Waals surface area contributed by atoms with E-state index in [0.29, 0.717) is 6.54 Å². The molecule has 0 aromatic heterocycles. The van der Waals surface area contributed by atoms with E-state index in [0.717, 1.165) is 11.3 Å². The lowest BCUT2D eigenvalue weighted by Gasteiger charge is -2.30. The monoisotopic (exact) mass is 310 g/mol. The first kappa shape index (κ1) is 18.0. The quantitative estimate of drug-likeness (QED) is 0.784. The zero-order valence-corrected chi connectivity index (χ0v) is 13.8. The van der Waals surface area contributed by atoms with Gasteiger partial charge in [0.2, 0.25) is 11.8 Å². The van der Waals surface area contributed by atoms with Gasteiger partial charge in [0.25, 0.3) is 0 Å². The fourth-order valence-corrected chi connectivity index (χ4v) is 2.20. The van der Waals surface area contributed by atoms with Crippen LogP contribution in [0.4, 0.5) is 0 Å². The van der Waals surface area contributed by atoms with Crippen LogP contribution in [0.5, 0.6) is 5.75 Å². The number of amides is 2. The summed E-state index contributed by atoms with van der Waals surface area (Å²) in [5, 5.41) is 0. The van der Waals surface area contributed by atoms with Crippen molar-refractivity contribution in [1.82, 2.24) is 10.4 Å². The number of methoxy groups -OCH3 is 1. The molecular weight excluding hydrogens is 284 g/mol. The van der Waals surface area contributed by atoms with Crippen LogP contribution in [-0.4, -0.2) is 37.5 Å². The van der Waals surface area contributed by atoms with Crippen LogP contribution in [-0.2, 0) is 14.4 Å². The minimum absolute atomic E-state index is 0. The van der Waals surface area contributed by atoms with Crippen LogP contribution >= 0.6 is 0 Å². The van der Waals surface area contributed by atoms with Gasteiger partial charge >= 0.3 is 0 Å². The van der Waals surface area contributed by atoms with Crippen molar-refractivity contribution in [2.75, 3.05) is 20.8 Å². The maximum Gasteiger partial charge on any atom is 0.248 e. The zero-order chi connectivity index (χ0) is 16.7. The fraction of sp³-hybridized carbons (Fsp3) is 0.500. The normalized spacial score (nSPS) is 13.1. The number of hydrogen-bond donors (Lipinski definition) is 1. The third-order valence-electron chi connectivity index (χ3n) is 3.59. The highest BCUT2D eigenvalue weighted by atomic mass is 16.6. The summed E-state index contributed by atoms with van der Waals surface area (Å²) in [6.07, 6.45) is 0. The Morgan fingerprint density at radius 2 is 1.82 bits per heavy atom. The summed E-state index contributed by atoms with van der Waals surface area (Å²) in [5.41, 5.74) is 3.27. The third kappa shape index (κ3) is 4.73. The van der Waals surface area contributed by atoms with Crippen molar-refractivity contribution in [2.24, 2.45) is 5.92 Å². The van der Waals surface area contributed by atoms with Gasteiger partial charge in [-0.3, -0.25) is 14.4 Å². The largest absolute Gasteiger partial charge is 0.497 e. The van der Waals surface area contributed by atoms with E-state index in [2.05, 4.69) is 10.3 Å². The van der Waals surface area contributed by atoms with E-state index in [1.54, 1.807) is 18.9 Å². The number of carbonyl (C=O) groups is 2. The zero-order valence-electron chi connectivity index (χ0n) is 13.8. The molecule has 0 saturated carbocycles. The second kappa shape index (κ2) is 8.38. The summed E-state index contributed by atoms with van der Waals surface area (Å²) in [5.74, 6) is 0.0544. The molecule has 2 atom stereocenters. The molecule has 1 N–H and O–H groups in total. The second-order valence-corrected chi connectivity index (χ2v) is 5.19. The van der Waals surface area contributed by atoms with Crippen molar-refractivity contribution in [3.63, 3.8) is 0 Å². The van der Waals surface area contributed by atoms with Crippen LogP contribution in [0, 0.1) is 5.92 Å². The minimum atomic E-state index is -0.371. The molecule has 1 aromatic rings. The Morgan fingerprint density at radius 3 is 2.27 bits per heavy atom. The number of nitrogens with one attached hydrogen (secondary N) is 1. The fourth-order valence-electron chi connectivity index (χ4n) is 2.20. The molecule has 1 unspecified atom stereocenters. The van der Waals surface area contributed by atoms with Crippen molar-refractivity contribution in [3.05, 3.63) is 29.8 Å². The summed E-state index contributed by atoms with van der Waals surface area (Å²) in [6, 6.07) is 7.40. The number of nitrogens with zero attached hydrogens (tertiary/aromatic N) is 1. The Labute approximate surface area is 132 Å². The van der Waals surface area contributed by atoms with E-state index in [9.17, 15) is 9.59 Å². The molecule has 0 spiro atoms. The lowest BCUT2D eigenvalue weighted by molar-refractivity contribution is -0.138. The second-order valence-electron chi connectivity index (χ2n) is 5.19. The van der Waals surface area contributed by atoms with Gasteiger partial charge in [-0.15, -0.1) is 0 Å². The minimum Gasteiger partial charge on any atom is -0.497 e. The van der Waals surface area contributed by atoms with E-state index in [1.165, 1.54) is 14.0 Å². The average molecular weight is 310 g/mol. The van der Waals surface area contributed by atoms with Gasteiger partial charge in [0, 0.05) is 14.9 Å². The SMILES string of the molecule is CONC(=O)C(C)CN(C(C)=O)[C@@H](C)c1ccc(OC)cc1.[HH]. The molecule has 6 heteroatoms. The Bertz CT molecular complexity index is 507. The maximum atomic E-state index is 11.9. The van der Waals surface area contributed by atoms with Crippen molar-refractivity contribution >= 4 is 11.8 Å². The smallest absolute Gasteiger partial charge is 0.248 e. The summed E-state index contributed by atoms with van der Waals surface area (Å²) in [7, 11) is 2.99. The highest BCUT2D eigenvalue weighted by molar-refractivity contribution is 5.79. The Balaban J connectivity index is 0.00000484. The van der Waals surface area contributed by atoms with Crippen molar-refractivity contribution in [2.45, 2.75) is 26.8 Å². The Kier molecular flexibility index (Phi) is 6.85. The van der Waals surface area contributed by atoms with Gasteiger partial charge in [-0.2, -0.15) is 0 Å². The molecule has 0 saturated heterocycles. The molecule has 0 aliphatic heterocycles. The number of benzene rings is 1. The first-order valence-electron chi connectivity index (χ1n) is 7.14. The predicted molar refractivity (Wildman–Crippen MR) is 85.2 cm³/mol. The molecule has 0 fully saturated rings. The molecule has 0 aliphatic carbocycles. The highest BCUT2D eigenvalue weighted by Gasteiger charge is 2.24. The summed E-state index contributed by atoms with van der Waals surface area (Å²) in [4.78, 5) is 30.0. The summed E-state index contributed by atoms with van der Waals surface area (Å²) in [6.45, 7) is 5.51. The third-order valence-corrected chi connectivity index (χ3v) is 3.59. The van der Waals surface area contributed by atoms with Gasteiger partial charge < -0.3 is 9.64 Å². The van der Waals surface area contributed by atoms with E-state index < -0.39 is 0 Å². The first-order valence-corrected chi connectivity index (χ1v) is 7.14. The molecule has 124 valence electrons. The van der Waals surface area contributed by atoms with Crippen molar-refractivity contribution < 1.29 is 20.6 Å². The van der Waals surface area contributed by atoms with Gasteiger partial charge in [0.1, 0.15) is 5.75 Å². The van der Waals surface area contributed by atoms with E-state index in [1.807, 2.05) is 31.2 Å². The molecule has 22 heavy (non-hydrogen) atoms. The highest BCUT2D eigenvalue weighted by Crippen LogP contribution is 2.23. The predicted octanol–water partition coefficient (Wildman–Crippen LogP) is 2.16. The van der Waals surface area contributed by atoms with Gasteiger partial charge in [0.15, 0.2) is 0 Å². The average Bonchev–Trinajstić information content (AvgIpc) is 2.51. The van der Waals surface area contributed by atoms with Crippen LogP contribution < -0.4 is 10.2 Å². The molecular formula is C16H26N2O4. The molecule has 0 radical (unpaired) electrons. The van der Waals surface area contributed by atoms with E-state index >= 15 is 0 Å². The van der Waals surface area contributed by atoms with E-state index in [4.69, 9.17) is 4.74 Å². The van der Waals surface area contributed by atoms with Crippen LogP contribution in [0.1, 0.15) is 33.8 Å². The number of hydrogen-bond acceptors (Lipinski definition) is 4. The number of carbonyl (C=O) groups excluding carboxylic acids is 2. The Morgan fingerprint density at radius 1 is 1.23 bits per heavy atom. The summed E-state index contributed by atoms with van der Waals surface area (Å²) < 4.78 is 5.13. The number of ether oxygens (including phenoxy) is 1. The molecule has 1 aromatic carbocycles. The molecule has 0 heterocycles. The van der Waals surface area contributed by atoms with Crippen LogP contribution in [0.25, 0.3) is 0 Å². The van der Waals surface area contributed by atoms with Crippen molar-refractivity contribution in [1.29, 1.82) is 0 Å². The van der Waals surface area contributed by atoms with Crippen LogP contribution in [0.15, 0.2) is 24.3 Å². The lowest BCUT2D eigenvalue weighted by Crippen LogP contribution is -2.40. The molecule has 6 nitrogen and oxygen atoms in total. The molecule has 1 rings (SSSR count). The molecule has 0 bridgehead atoms. The molecule has 0 aliphatic rings. The maximum absolute atomic E-state index is 11.9. The van der Waals surface area contributed by atoms with Crippen molar-refractivity contribution in [3.8, 4) is 5.75 Å². The lowest BCUT2D eigenvalue weighted by atomic mass is 10.0. The van der Waals surface area contributed by atoms with E-state index in [-0.39, 0.29) is 25.2 Å². The van der Waals surface area contributed by atoms with Gasteiger partial charge in [0.05, 0.1) is 26.2 Å². The first-order chi connectivity index (χ1) is 10.4. The topological polar surface area (TPSA) is 67.9 Å². The Hall–Kier alpha value is -2.08. The summed E-state index contributed by atoms with van der Waals surface area (Å²) >= 11 is 0. The number of rotatable bonds is 7. The standard InChI is InChI=1S/C16H24N2O4.H2/c1-11(16(20)17-22-5)10-18(13(3)19)12(2)14-6-8-15(21-4)9-7-14;/h6-9,11-12H,10H2,1-5H3,(H,17,20);1H/t11?,12-;/m0./s1. The van der Waals surface area contributed by atoms with Crippen LogP contribution in [0.3, 0.4) is 0 Å². The van der Waals surface area contributed by atoms with Gasteiger partial charge in [-0.1, -0.05) is 19.1 Å².